The van der Waals surface area contributed by atoms with Gasteiger partial charge < -0.3 is 16.4 Å². The molecule has 1 amide bonds. The van der Waals surface area contributed by atoms with E-state index >= 15 is 0 Å². The summed E-state index contributed by atoms with van der Waals surface area (Å²) in [6, 6.07) is 20.4. The third-order valence-electron chi connectivity index (χ3n) is 4.32. The highest BCUT2D eigenvalue weighted by atomic mass is 79.9. The lowest BCUT2D eigenvalue weighted by molar-refractivity contribution is 0.102. The number of nitrogens with two attached hydrogens (primary N) is 1. The number of nitrogens with one attached hydrogen (secondary N) is 2. The Morgan fingerprint density at radius 3 is 2.53 bits per heavy atom. The molecule has 2 heterocycles. The predicted molar refractivity (Wildman–Crippen MR) is 121 cm³/mol. The Kier molecular flexibility index (Phi) is 5.67. The molecule has 0 atom stereocenters. The number of carbonyl (C=O) groups excluding carboxylic acids is 1. The van der Waals surface area contributed by atoms with E-state index in [0.29, 0.717) is 21.5 Å². The van der Waals surface area contributed by atoms with Gasteiger partial charge in [0.15, 0.2) is 0 Å². The van der Waals surface area contributed by atoms with Crippen LogP contribution in [0, 0.1) is 0 Å². The number of benzene rings is 2. The van der Waals surface area contributed by atoms with Crippen molar-refractivity contribution in [3.63, 3.8) is 0 Å². The van der Waals surface area contributed by atoms with Gasteiger partial charge in [0.25, 0.3) is 5.91 Å². The van der Waals surface area contributed by atoms with E-state index in [1.54, 1.807) is 24.4 Å². The van der Waals surface area contributed by atoms with E-state index in [0.717, 1.165) is 22.6 Å². The Morgan fingerprint density at radius 2 is 1.80 bits per heavy atom. The summed E-state index contributed by atoms with van der Waals surface area (Å²) in [5.41, 5.74) is 10.8. The maximum atomic E-state index is 12.6. The number of carbonyl (C=O) groups is 1. The second kappa shape index (κ2) is 8.71. The van der Waals surface area contributed by atoms with Gasteiger partial charge in [0.2, 0.25) is 0 Å². The fraction of sp³-hybridized carbons (Fsp3) is 0. The van der Waals surface area contributed by atoms with Crippen molar-refractivity contribution in [1.29, 1.82) is 0 Å². The molecule has 0 aliphatic carbocycles. The standard InChI is InChI=1S/C22H17BrN6O/c23-21-12-18(24)20(13-25-21)28-22(30)15-3-1-4-17(11-15)27-16-8-6-14(7-9-16)19-5-2-10-26-29-19/h1-13,27H,(H2,24,25)(H,28,30). The van der Waals surface area contributed by atoms with E-state index in [1.807, 2.05) is 48.5 Å². The maximum absolute atomic E-state index is 12.6. The molecule has 0 spiro atoms. The van der Waals surface area contributed by atoms with E-state index in [2.05, 4.69) is 41.7 Å². The minimum atomic E-state index is -0.271. The Hall–Kier alpha value is -3.78. The van der Waals surface area contributed by atoms with Crippen LogP contribution in [0.2, 0.25) is 0 Å². The Bertz CT molecular complexity index is 1180. The zero-order valence-corrected chi connectivity index (χ0v) is 17.3. The molecule has 7 nitrogen and oxygen atoms in total. The lowest BCUT2D eigenvalue weighted by Gasteiger charge is -2.11. The summed E-state index contributed by atoms with van der Waals surface area (Å²) in [7, 11) is 0. The predicted octanol–water partition coefficient (Wildman–Crippen LogP) is 4.88. The molecule has 0 fully saturated rings. The topological polar surface area (TPSA) is 106 Å². The molecular formula is C22H17BrN6O. The Morgan fingerprint density at radius 1 is 0.967 bits per heavy atom. The van der Waals surface area contributed by atoms with Crippen LogP contribution in [0.4, 0.5) is 22.7 Å². The number of anilines is 4. The maximum Gasteiger partial charge on any atom is 0.255 e. The fourth-order valence-corrected chi connectivity index (χ4v) is 3.18. The van der Waals surface area contributed by atoms with Crippen LogP contribution >= 0.6 is 15.9 Å². The van der Waals surface area contributed by atoms with Crippen LogP contribution in [0.5, 0.6) is 0 Å². The molecule has 2 aromatic heterocycles. The summed E-state index contributed by atoms with van der Waals surface area (Å²) in [4.78, 5) is 16.7. The zero-order valence-electron chi connectivity index (χ0n) is 15.7. The number of pyridine rings is 1. The number of aromatic nitrogens is 3. The lowest BCUT2D eigenvalue weighted by Crippen LogP contribution is -2.13. The number of halogens is 1. The van der Waals surface area contributed by atoms with Crippen molar-refractivity contribution in [2.75, 3.05) is 16.4 Å². The smallest absolute Gasteiger partial charge is 0.255 e. The van der Waals surface area contributed by atoms with Crippen LogP contribution in [-0.4, -0.2) is 21.1 Å². The largest absolute Gasteiger partial charge is 0.397 e. The summed E-state index contributed by atoms with van der Waals surface area (Å²) in [6.07, 6.45) is 3.15. The first-order chi connectivity index (χ1) is 14.6. The molecule has 0 bridgehead atoms. The molecule has 4 rings (SSSR count). The molecule has 8 heteroatoms. The number of rotatable bonds is 5. The van der Waals surface area contributed by atoms with Crippen molar-refractivity contribution in [2.45, 2.75) is 0 Å². The molecule has 0 radical (unpaired) electrons. The van der Waals surface area contributed by atoms with Crippen LogP contribution in [0.3, 0.4) is 0 Å². The molecule has 2 aromatic carbocycles. The van der Waals surface area contributed by atoms with Gasteiger partial charge in [-0.05, 0) is 64.5 Å². The second-order valence-corrected chi connectivity index (χ2v) is 7.25. The molecule has 4 aromatic rings. The van der Waals surface area contributed by atoms with E-state index in [4.69, 9.17) is 5.73 Å². The molecular weight excluding hydrogens is 444 g/mol. The monoisotopic (exact) mass is 460 g/mol. The first-order valence-electron chi connectivity index (χ1n) is 9.06. The van der Waals surface area contributed by atoms with Crippen LogP contribution < -0.4 is 16.4 Å². The fourth-order valence-electron chi connectivity index (χ4n) is 2.83. The van der Waals surface area contributed by atoms with Crippen LogP contribution in [0.25, 0.3) is 11.3 Å². The van der Waals surface area contributed by atoms with Crippen molar-refractivity contribution in [1.82, 2.24) is 15.2 Å². The van der Waals surface area contributed by atoms with Gasteiger partial charge >= 0.3 is 0 Å². The molecule has 0 unspecified atom stereocenters. The van der Waals surface area contributed by atoms with Gasteiger partial charge in [-0.2, -0.15) is 10.2 Å². The van der Waals surface area contributed by atoms with Crippen LogP contribution in [0.1, 0.15) is 10.4 Å². The molecule has 30 heavy (non-hydrogen) atoms. The quantitative estimate of drug-likeness (QED) is 0.366. The highest BCUT2D eigenvalue weighted by Crippen LogP contribution is 2.24. The van der Waals surface area contributed by atoms with Gasteiger partial charge in [-0.1, -0.05) is 18.2 Å². The third-order valence-corrected chi connectivity index (χ3v) is 4.75. The van der Waals surface area contributed by atoms with Crippen molar-refractivity contribution < 1.29 is 4.79 Å². The second-order valence-electron chi connectivity index (χ2n) is 6.44. The summed E-state index contributed by atoms with van der Waals surface area (Å²) in [5, 5.41) is 14.1. The first kappa shape index (κ1) is 19.5. The van der Waals surface area contributed by atoms with Crippen molar-refractivity contribution in [3.05, 3.63) is 89.3 Å². The normalized spacial score (nSPS) is 10.4. The van der Waals surface area contributed by atoms with E-state index in [9.17, 15) is 4.79 Å². The van der Waals surface area contributed by atoms with Gasteiger partial charge in [0.1, 0.15) is 4.60 Å². The number of amides is 1. The van der Waals surface area contributed by atoms with Crippen molar-refractivity contribution >= 4 is 44.6 Å². The van der Waals surface area contributed by atoms with Crippen LogP contribution in [0.15, 0.2) is 83.7 Å². The van der Waals surface area contributed by atoms with Gasteiger partial charge in [0.05, 0.1) is 23.3 Å². The number of hydrogen-bond donors (Lipinski definition) is 3. The number of nitrogens with zero attached hydrogens (tertiary/aromatic N) is 3. The molecule has 0 aliphatic heterocycles. The highest BCUT2D eigenvalue weighted by Gasteiger charge is 2.10. The van der Waals surface area contributed by atoms with Crippen molar-refractivity contribution in [3.8, 4) is 11.3 Å². The van der Waals surface area contributed by atoms with Gasteiger partial charge in [-0.25, -0.2) is 4.98 Å². The average Bonchev–Trinajstić information content (AvgIpc) is 2.77. The third kappa shape index (κ3) is 4.61. The highest BCUT2D eigenvalue weighted by molar-refractivity contribution is 9.10. The molecule has 0 saturated carbocycles. The zero-order chi connectivity index (χ0) is 20.9. The first-order valence-corrected chi connectivity index (χ1v) is 9.85. The SMILES string of the molecule is Nc1cc(Br)ncc1NC(=O)c1cccc(Nc2ccc(-c3cccnn3)cc2)c1. The minimum Gasteiger partial charge on any atom is -0.397 e. The Labute approximate surface area is 181 Å². The molecule has 0 aliphatic rings. The van der Waals surface area contributed by atoms with E-state index < -0.39 is 0 Å². The summed E-state index contributed by atoms with van der Waals surface area (Å²) in [6.45, 7) is 0. The summed E-state index contributed by atoms with van der Waals surface area (Å²) < 4.78 is 0.606. The lowest BCUT2D eigenvalue weighted by atomic mass is 10.1. The van der Waals surface area contributed by atoms with E-state index in [1.165, 1.54) is 6.20 Å². The minimum absolute atomic E-state index is 0.271. The van der Waals surface area contributed by atoms with Gasteiger partial charge in [0, 0.05) is 28.7 Å². The van der Waals surface area contributed by atoms with Gasteiger partial charge in [-0.15, -0.1) is 0 Å². The summed E-state index contributed by atoms with van der Waals surface area (Å²) >= 11 is 3.25. The molecule has 148 valence electrons. The molecule has 4 N–H and O–H groups in total. The van der Waals surface area contributed by atoms with Crippen LogP contribution in [-0.2, 0) is 0 Å². The average molecular weight is 461 g/mol. The molecule has 0 saturated heterocycles. The van der Waals surface area contributed by atoms with E-state index in [-0.39, 0.29) is 5.91 Å². The van der Waals surface area contributed by atoms with Gasteiger partial charge in [-0.3, -0.25) is 4.79 Å². The number of hydrogen-bond acceptors (Lipinski definition) is 6. The number of nitrogen functional groups attached to an aromatic ring is 1. The Balaban J connectivity index is 1.47. The van der Waals surface area contributed by atoms with Crippen molar-refractivity contribution in [2.24, 2.45) is 0 Å². The summed E-state index contributed by atoms with van der Waals surface area (Å²) in [5.74, 6) is -0.271.